The minimum atomic E-state index is -5.46. The number of nitrogens with one attached hydrogen (secondary N) is 6. The van der Waals surface area contributed by atoms with Gasteiger partial charge in [0, 0.05) is 42.2 Å². The van der Waals surface area contributed by atoms with E-state index in [1.54, 1.807) is 38.0 Å². The Kier molecular flexibility index (Phi) is 14.8. The molecule has 352 valence electrons. The van der Waals surface area contributed by atoms with Crippen molar-refractivity contribution in [3.8, 4) is 22.5 Å². The van der Waals surface area contributed by atoms with Crippen LogP contribution in [0, 0.1) is 18.8 Å². The van der Waals surface area contributed by atoms with Crippen LogP contribution in [0.4, 0.5) is 28.0 Å². The number of piperidine rings is 1. The fraction of sp³-hybridized carbons (Fsp3) is 0.435. The highest BCUT2D eigenvalue weighted by atomic mass is 19.3. The molecule has 5 amide bonds. The van der Waals surface area contributed by atoms with Gasteiger partial charge in [0.2, 0.25) is 23.5 Å². The van der Waals surface area contributed by atoms with Crippen molar-refractivity contribution in [2.45, 2.75) is 102 Å². The maximum Gasteiger partial charge on any atom is 0.411 e. The lowest BCUT2D eigenvalue weighted by Crippen LogP contribution is -2.50. The lowest BCUT2D eigenvalue weighted by Gasteiger charge is -2.29. The van der Waals surface area contributed by atoms with E-state index in [0.29, 0.717) is 56.3 Å². The van der Waals surface area contributed by atoms with Crippen molar-refractivity contribution < 1.29 is 56.2 Å². The summed E-state index contributed by atoms with van der Waals surface area (Å²) in [5.74, 6) is -17.5. The number of alkyl carbamates (subject to hydrolysis) is 1. The summed E-state index contributed by atoms with van der Waals surface area (Å²) in [4.78, 5) is 79.2. The average molecular weight is 921 g/mol. The van der Waals surface area contributed by atoms with Crippen LogP contribution >= 0.6 is 0 Å². The molecule has 1 aromatic heterocycles. The van der Waals surface area contributed by atoms with E-state index >= 15 is 0 Å². The number of alkyl halides is 4. The van der Waals surface area contributed by atoms with E-state index in [2.05, 4.69) is 36.7 Å². The van der Waals surface area contributed by atoms with Crippen LogP contribution in [0.3, 0.4) is 0 Å². The molecule has 0 spiro atoms. The second-order valence-corrected chi connectivity index (χ2v) is 17.6. The molecule has 7 N–H and O–H groups in total. The predicted molar refractivity (Wildman–Crippen MR) is 232 cm³/mol. The highest BCUT2D eigenvalue weighted by Crippen LogP contribution is 2.42. The van der Waals surface area contributed by atoms with E-state index in [0.717, 1.165) is 23.1 Å². The quantitative estimate of drug-likeness (QED) is 0.0661. The van der Waals surface area contributed by atoms with Crippen molar-refractivity contribution in [1.82, 2.24) is 36.4 Å². The molecular formula is C46H52F4N8O8. The van der Waals surface area contributed by atoms with Gasteiger partial charge in [0.25, 0.3) is 5.91 Å². The number of aromatic nitrogens is 3. The van der Waals surface area contributed by atoms with E-state index in [4.69, 9.17) is 9.84 Å². The summed E-state index contributed by atoms with van der Waals surface area (Å²) in [6, 6.07) is 16.4. The zero-order valence-electron chi connectivity index (χ0n) is 36.7. The van der Waals surface area contributed by atoms with Crippen LogP contribution in [0.2, 0.25) is 0 Å². The number of hydrogen-bond acceptors (Lipinski definition) is 9. The van der Waals surface area contributed by atoms with E-state index in [1.165, 1.54) is 24.3 Å². The van der Waals surface area contributed by atoms with Crippen LogP contribution in [0.25, 0.3) is 22.5 Å². The summed E-state index contributed by atoms with van der Waals surface area (Å²) >= 11 is 0. The number of carbonyl (C=O) groups excluding carboxylic acids is 5. The summed E-state index contributed by atoms with van der Waals surface area (Å²) in [5, 5.41) is 27.9. The number of carboxylic acid groups (broad SMARTS) is 1. The normalized spacial score (nSPS) is 18.3. The lowest BCUT2D eigenvalue weighted by molar-refractivity contribution is -0.231. The van der Waals surface area contributed by atoms with Crippen LogP contribution in [-0.4, -0.2) is 92.7 Å². The molecular weight excluding hydrogens is 869 g/mol. The number of hydrogen-bond donors (Lipinski definition) is 7. The molecule has 0 radical (unpaired) electrons. The zero-order chi connectivity index (χ0) is 48.0. The van der Waals surface area contributed by atoms with Gasteiger partial charge >= 0.3 is 23.9 Å². The summed E-state index contributed by atoms with van der Waals surface area (Å²) in [5.41, 5.74) is 3.28. The first-order valence-electron chi connectivity index (χ1n) is 21.5. The number of nitrogens with zero attached hydrogens (tertiary/aromatic N) is 2. The minimum Gasteiger partial charge on any atom is -0.477 e. The first-order valence-corrected chi connectivity index (χ1v) is 21.5. The molecule has 1 aliphatic carbocycles. The van der Waals surface area contributed by atoms with Crippen molar-refractivity contribution in [3.05, 3.63) is 89.2 Å². The van der Waals surface area contributed by atoms with Gasteiger partial charge in [0.1, 0.15) is 17.7 Å². The van der Waals surface area contributed by atoms with Gasteiger partial charge in [-0.3, -0.25) is 24.3 Å². The number of carbonyl (C=O) groups is 6. The van der Waals surface area contributed by atoms with Gasteiger partial charge in [-0.25, -0.2) is 14.6 Å². The largest absolute Gasteiger partial charge is 0.477 e. The molecule has 2 heterocycles. The highest BCUT2D eigenvalue weighted by Gasteiger charge is 2.65. The Labute approximate surface area is 377 Å². The number of anilines is 1. The molecule has 4 aromatic rings. The van der Waals surface area contributed by atoms with Crippen LogP contribution in [0.5, 0.6) is 0 Å². The predicted octanol–water partition coefficient (Wildman–Crippen LogP) is 6.26. The maximum absolute atomic E-state index is 14.3. The summed E-state index contributed by atoms with van der Waals surface area (Å²) < 4.78 is 61.5. The number of amides is 5. The number of benzene rings is 3. The Morgan fingerprint density at radius 2 is 1.56 bits per heavy atom. The highest BCUT2D eigenvalue weighted by molar-refractivity contribution is 5.99. The standard InChI is InChI=1S/C46H52F4N8O8/c1-25-22-31(38(60)54-34-6-5-21-51-39(34)61)17-20-33(25)28-11-7-26(8-12-28)23-35(55-37(59)30-13-9-27(10-14-30)24-52-43(65)66-44(2,3)4)40(62)53-32-18-15-29(16-19-32)36-56-41(58-57-36)45(47,48)46(49,50)42(63)64/h7-8,11-12,15-20,22,27,30,34-35H,5-6,9-10,13-14,21,23-24H2,1-4H3,(H,51,61)(H,52,65)(H,53,62)(H,54,60)(H,55,59)(H,63,64)(H,56,57,58)/t27?,30?,34?,35-/m0/s1. The van der Waals surface area contributed by atoms with Gasteiger partial charge < -0.3 is 36.4 Å². The lowest BCUT2D eigenvalue weighted by atomic mass is 9.81. The molecule has 0 bridgehead atoms. The number of aryl methyl sites for hydroxylation is 1. The molecule has 20 heteroatoms. The SMILES string of the molecule is Cc1cc(C(=O)NC2CCCNC2=O)ccc1-c1ccc(C[C@H](NC(=O)C2CCC(CNC(=O)OC(C)(C)C)CC2)C(=O)Nc2ccc(-c3n[nH]c(C(F)(F)C(F)(F)C(=O)O)n3)cc2)cc1. The Morgan fingerprint density at radius 3 is 2.18 bits per heavy atom. The second kappa shape index (κ2) is 20.1. The van der Waals surface area contributed by atoms with Gasteiger partial charge in [-0.2, -0.15) is 22.7 Å². The molecule has 1 unspecified atom stereocenters. The molecule has 2 fully saturated rings. The Balaban J connectivity index is 1.14. The Hall–Kier alpha value is -6.86. The molecule has 1 aliphatic heterocycles. The molecule has 1 saturated carbocycles. The van der Waals surface area contributed by atoms with Gasteiger partial charge in [-0.15, -0.1) is 0 Å². The molecule has 16 nitrogen and oxygen atoms in total. The number of halogens is 4. The molecule has 3 aromatic carbocycles. The molecule has 1 saturated heterocycles. The summed E-state index contributed by atoms with van der Waals surface area (Å²) in [6.07, 6.45) is 3.26. The van der Waals surface area contributed by atoms with E-state index < -0.39 is 65.1 Å². The summed E-state index contributed by atoms with van der Waals surface area (Å²) in [7, 11) is 0. The fourth-order valence-electron chi connectivity index (χ4n) is 7.75. The fourth-order valence-corrected chi connectivity index (χ4v) is 7.75. The maximum atomic E-state index is 14.3. The van der Waals surface area contributed by atoms with E-state index in [1.807, 2.05) is 37.3 Å². The van der Waals surface area contributed by atoms with E-state index in [9.17, 15) is 46.3 Å². The summed E-state index contributed by atoms with van der Waals surface area (Å²) in [6.45, 7) is 8.16. The smallest absolute Gasteiger partial charge is 0.411 e. The van der Waals surface area contributed by atoms with Crippen molar-refractivity contribution >= 4 is 41.4 Å². The van der Waals surface area contributed by atoms with Crippen molar-refractivity contribution in [2.24, 2.45) is 11.8 Å². The van der Waals surface area contributed by atoms with Crippen LogP contribution in [-0.2, 0) is 36.3 Å². The number of rotatable bonds is 15. The number of aliphatic carboxylic acids is 1. The van der Waals surface area contributed by atoms with Crippen molar-refractivity contribution in [3.63, 3.8) is 0 Å². The third-order valence-electron chi connectivity index (χ3n) is 11.4. The van der Waals surface area contributed by atoms with Crippen LogP contribution in [0.1, 0.15) is 86.6 Å². The Bertz CT molecular complexity index is 2430. The molecule has 6 rings (SSSR count). The third kappa shape index (κ3) is 11.9. The monoisotopic (exact) mass is 920 g/mol. The van der Waals surface area contributed by atoms with Gasteiger partial charge in [-0.05, 0) is 131 Å². The van der Waals surface area contributed by atoms with Crippen molar-refractivity contribution in [1.29, 1.82) is 0 Å². The zero-order valence-corrected chi connectivity index (χ0v) is 36.7. The van der Waals surface area contributed by atoms with Gasteiger partial charge in [-0.1, -0.05) is 30.3 Å². The van der Waals surface area contributed by atoms with Gasteiger partial charge in [0.05, 0.1) is 0 Å². The minimum absolute atomic E-state index is 0.0765. The van der Waals surface area contributed by atoms with Crippen LogP contribution in [0.15, 0.2) is 66.7 Å². The first kappa shape index (κ1) is 48.6. The number of H-pyrrole nitrogens is 1. The molecule has 66 heavy (non-hydrogen) atoms. The Morgan fingerprint density at radius 1 is 0.894 bits per heavy atom. The second-order valence-electron chi connectivity index (χ2n) is 17.6. The van der Waals surface area contributed by atoms with Gasteiger partial charge in [0.15, 0.2) is 5.82 Å². The topological polar surface area (TPSA) is 234 Å². The van der Waals surface area contributed by atoms with Crippen molar-refractivity contribution in [2.75, 3.05) is 18.4 Å². The number of aromatic amines is 1. The molecule has 2 aliphatic rings. The first-order chi connectivity index (χ1) is 31.1. The number of carboxylic acids is 1. The van der Waals surface area contributed by atoms with E-state index in [-0.39, 0.29) is 41.3 Å². The molecule has 2 atom stereocenters. The third-order valence-corrected chi connectivity index (χ3v) is 11.4. The number of ether oxygens (including phenoxy) is 1. The van der Waals surface area contributed by atoms with Crippen LogP contribution < -0.4 is 26.6 Å². The average Bonchev–Trinajstić information content (AvgIpc) is 3.78.